The van der Waals surface area contributed by atoms with Gasteiger partial charge in [-0.3, -0.25) is 0 Å². The maximum absolute atomic E-state index is 12.5. The number of carbonyl (C=O) groups excluding carboxylic acids is 1. The molecule has 1 heterocycles. The number of carboxylic acids is 1. The van der Waals surface area contributed by atoms with Crippen molar-refractivity contribution in [3.05, 3.63) is 35.9 Å². The van der Waals surface area contributed by atoms with E-state index < -0.39 is 17.0 Å². The van der Waals surface area contributed by atoms with Crippen molar-refractivity contribution in [2.24, 2.45) is 5.92 Å². The number of piperidine rings is 1. The molecule has 1 saturated heterocycles. The molecule has 4 nitrogen and oxygen atoms in total. The predicted molar refractivity (Wildman–Crippen MR) is 86.8 cm³/mol. The standard InChI is InChI=1S/C19H27NO3/c1-20-13-7-10-16(14-20)19(17(21)22,15-8-3-2-4-9-15)18(23)11-5-6-12-18/h2-4,8-9,16,23H,5-7,10-14H2,1H3,(H,21,22)/p-1. The number of carboxylic acid groups (broad SMARTS) is 1. The number of aliphatic hydroxyl groups is 1. The lowest BCUT2D eigenvalue weighted by Crippen LogP contribution is -2.66. The number of hydrogen-bond donors (Lipinski definition) is 1. The van der Waals surface area contributed by atoms with Gasteiger partial charge in [0.05, 0.1) is 17.0 Å². The molecule has 1 aromatic carbocycles. The normalized spacial score (nSPS) is 27.5. The van der Waals surface area contributed by atoms with Gasteiger partial charge in [-0.2, -0.15) is 0 Å². The zero-order valence-corrected chi connectivity index (χ0v) is 13.8. The van der Waals surface area contributed by atoms with Crippen LogP contribution in [0.25, 0.3) is 0 Å². The number of hydrogen-bond acceptors (Lipinski definition) is 4. The Balaban J connectivity index is 2.16. The highest BCUT2D eigenvalue weighted by Gasteiger charge is 2.58. The summed E-state index contributed by atoms with van der Waals surface area (Å²) in [7, 11) is 2.02. The molecule has 1 aliphatic heterocycles. The molecule has 2 unspecified atom stereocenters. The third-order valence-corrected chi connectivity index (χ3v) is 5.95. The average Bonchev–Trinajstić information content (AvgIpc) is 2.96. The fraction of sp³-hybridized carbons (Fsp3) is 0.632. The first-order valence-electron chi connectivity index (χ1n) is 8.68. The Hall–Kier alpha value is -1.39. The Morgan fingerprint density at radius 1 is 1.26 bits per heavy atom. The molecular formula is C19H26NO3-. The number of benzene rings is 1. The molecule has 1 saturated carbocycles. The molecule has 0 bridgehead atoms. The minimum atomic E-state index is -1.32. The molecule has 1 aliphatic carbocycles. The van der Waals surface area contributed by atoms with E-state index in [9.17, 15) is 15.0 Å². The number of carbonyl (C=O) groups is 1. The summed E-state index contributed by atoms with van der Waals surface area (Å²) in [4.78, 5) is 14.7. The molecule has 0 amide bonds. The lowest BCUT2D eigenvalue weighted by Gasteiger charge is -2.53. The van der Waals surface area contributed by atoms with Crippen molar-refractivity contribution in [2.45, 2.75) is 49.5 Å². The van der Waals surface area contributed by atoms with E-state index in [1.54, 1.807) is 0 Å². The van der Waals surface area contributed by atoms with Gasteiger partial charge in [0.1, 0.15) is 0 Å². The van der Waals surface area contributed by atoms with Crippen molar-refractivity contribution in [3.8, 4) is 0 Å². The van der Waals surface area contributed by atoms with Crippen molar-refractivity contribution in [2.75, 3.05) is 20.1 Å². The second-order valence-electron chi connectivity index (χ2n) is 7.30. The van der Waals surface area contributed by atoms with Crippen molar-refractivity contribution >= 4 is 5.97 Å². The lowest BCUT2D eigenvalue weighted by atomic mass is 9.57. The minimum absolute atomic E-state index is 0.128. The number of likely N-dealkylation sites (tertiary alicyclic amines) is 1. The molecule has 2 atom stereocenters. The first kappa shape index (κ1) is 16.5. The van der Waals surface area contributed by atoms with Gasteiger partial charge in [-0.05, 0) is 50.8 Å². The predicted octanol–water partition coefficient (Wildman–Crippen LogP) is 1.32. The molecule has 1 aromatic rings. The van der Waals surface area contributed by atoms with Gasteiger partial charge in [0.2, 0.25) is 0 Å². The van der Waals surface area contributed by atoms with Crippen molar-refractivity contribution in [1.82, 2.24) is 4.90 Å². The summed E-state index contributed by atoms with van der Waals surface area (Å²) in [6, 6.07) is 9.30. The largest absolute Gasteiger partial charge is 0.549 e. The Labute approximate surface area is 138 Å². The number of nitrogens with zero attached hydrogens (tertiary/aromatic N) is 1. The van der Waals surface area contributed by atoms with Gasteiger partial charge in [-0.1, -0.05) is 43.2 Å². The smallest absolute Gasteiger partial charge is 0.0799 e. The summed E-state index contributed by atoms with van der Waals surface area (Å²) < 4.78 is 0. The van der Waals surface area contributed by atoms with Crippen LogP contribution in [0.1, 0.15) is 44.1 Å². The van der Waals surface area contributed by atoms with Gasteiger partial charge in [-0.25, -0.2) is 0 Å². The van der Waals surface area contributed by atoms with Crippen LogP contribution in [-0.4, -0.2) is 41.7 Å². The third kappa shape index (κ3) is 2.58. The van der Waals surface area contributed by atoms with Crippen LogP contribution in [0.3, 0.4) is 0 Å². The monoisotopic (exact) mass is 316 g/mol. The summed E-state index contributed by atoms with van der Waals surface area (Å²) in [6.07, 6.45) is 4.60. The van der Waals surface area contributed by atoms with Gasteiger partial charge in [0, 0.05) is 6.54 Å². The summed E-state index contributed by atoms with van der Waals surface area (Å²) in [5.74, 6) is -1.25. The average molecular weight is 316 g/mol. The molecule has 126 valence electrons. The summed E-state index contributed by atoms with van der Waals surface area (Å²) in [5, 5.41) is 24.0. The number of aliphatic carboxylic acids is 1. The van der Waals surface area contributed by atoms with E-state index in [2.05, 4.69) is 4.90 Å². The van der Waals surface area contributed by atoms with E-state index in [1.807, 2.05) is 37.4 Å². The van der Waals surface area contributed by atoms with Crippen LogP contribution in [0.15, 0.2) is 30.3 Å². The Morgan fingerprint density at radius 2 is 1.91 bits per heavy atom. The molecule has 3 rings (SSSR count). The van der Waals surface area contributed by atoms with Crippen molar-refractivity contribution in [3.63, 3.8) is 0 Å². The second-order valence-corrected chi connectivity index (χ2v) is 7.30. The first-order chi connectivity index (χ1) is 11.0. The van der Waals surface area contributed by atoms with Gasteiger partial charge in [0.25, 0.3) is 0 Å². The molecule has 0 aromatic heterocycles. The maximum Gasteiger partial charge on any atom is 0.0799 e. The Bertz CT molecular complexity index is 553. The third-order valence-electron chi connectivity index (χ3n) is 5.95. The molecule has 0 spiro atoms. The van der Waals surface area contributed by atoms with Crippen LogP contribution in [0.2, 0.25) is 0 Å². The SMILES string of the molecule is CN1CCCC(C(C(=O)[O-])(c2ccccc2)C2(O)CCCC2)C1. The van der Waals surface area contributed by atoms with Gasteiger partial charge in [-0.15, -0.1) is 0 Å². The van der Waals surface area contributed by atoms with Gasteiger partial charge < -0.3 is 19.9 Å². The molecular weight excluding hydrogens is 290 g/mol. The first-order valence-corrected chi connectivity index (χ1v) is 8.68. The highest BCUT2D eigenvalue weighted by atomic mass is 16.4. The topological polar surface area (TPSA) is 63.6 Å². The quantitative estimate of drug-likeness (QED) is 0.910. The number of rotatable bonds is 4. The van der Waals surface area contributed by atoms with Crippen LogP contribution in [-0.2, 0) is 10.2 Å². The summed E-state index contributed by atoms with van der Waals surface area (Å²) in [6.45, 7) is 1.66. The van der Waals surface area contributed by atoms with Crippen LogP contribution < -0.4 is 5.11 Å². The van der Waals surface area contributed by atoms with E-state index >= 15 is 0 Å². The highest BCUT2D eigenvalue weighted by Crippen LogP contribution is 2.52. The Morgan fingerprint density at radius 3 is 2.48 bits per heavy atom. The van der Waals surface area contributed by atoms with E-state index in [0.717, 1.165) is 32.2 Å². The van der Waals surface area contributed by atoms with E-state index in [-0.39, 0.29) is 5.92 Å². The van der Waals surface area contributed by atoms with Gasteiger partial charge in [0.15, 0.2) is 0 Å². The molecule has 0 radical (unpaired) electrons. The molecule has 2 aliphatic rings. The zero-order chi connectivity index (χ0) is 16.5. The fourth-order valence-electron chi connectivity index (χ4n) is 4.93. The zero-order valence-electron chi connectivity index (χ0n) is 13.8. The highest BCUT2D eigenvalue weighted by molar-refractivity contribution is 5.82. The van der Waals surface area contributed by atoms with E-state index in [0.29, 0.717) is 24.9 Å². The Kier molecular flexibility index (Phi) is 4.47. The maximum atomic E-state index is 12.5. The minimum Gasteiger partial charge on any atom is -0.549 e. The second kappa shape index (κ2) is 6.25. The molecule has 4 heteroatoms. The summed E-state index contributed by atoms with van der Waals surface area (Å²) >= 11 is 0. The lowest BCUT2D eigenvalue weighted by molar-refractivity contribution is -0.324. The van der Waals surface area contributed by atoms with Crippen LogP contribution in [0.4, 0.5) is 0 Å². The van der Waals surface area contributed by atoms with E-state index in [1.165, 1.54) is 0 Å². The molecule has 2 fully saturated rings. The summed E-state index contributed by atoms with van der Waals surface area (Å²) in [5.41, 5.74) is -1.83. The van der Waals surface area contributed by atoms with E-state index in [4.69, 9.17) is 0 Å². The van der Waals surface area contributed by atoms with Crippen LogP contribution >= 0.6 is 0 Å². The molecule has 23 heavy (non-hydrogen) atoms. The van der Waals surface area contributed by atoms with Crippen molar-refractivity contribution < 1.29 is 15.0 Å². The van der Waals surface area contributed by atoms with Gasteiger partial charge >= 0.3 is 0 Å². The van der Waals surface area contributed by atoms with Crippen LogP contribution in [0.5, 0.6) is 0 Å². The van der Waals surface area contributed by atoms with Crippen LogP contribution in [0, 0.1) is 5.92 Å². The van der Waals surface area contributed by atoms with Crippen molar-refractivity contribution in [1.29, 1.82) is 0 Å². The molecule has 1 N–H and O–H groups in total. The fourth-order valence-corrected chi connectivity index (χ4v) is 4.93.